The Morgan fingerprint density at radius 1 is 1.12 bits per heavy atom. The Bertz CT molecular complexity index is 1290. The summed E-state index contributed by atoms with van der Waals surface area (Å²) in [6, 6.07) is 19.9. The molecule has 0 aliphatic carbocycles. The van der Waals surface area contributed by atoms with Crippen molar-refractivity contribution >= 4 is 22.5 Å². The van der Waals surface area contributed by atoms with Crippen molar-refractivity contribution in [3.05, 3.63) is 95.9 Å². The van der Waals surface area contributed by atoms with E-state index in [1.807, 2.05) is 59.8 Å². The Hall–Kier alpha value is -3.93. The first kappa shape index (κ1) is 21.9. The number of ether oxygens (including phenoxy) is 1. The number of rotatable bonds is 7. The summed E-state index contributed by atoms with van der Waals surface area (Å²) in [7, 11) is 1.64. The Balaban J connectivity index is 1.27. The van der Waals surface area contributed by atoms with Gasteiger partial charge in [0.1, 0.15) is 5.75 Å². The minimum absolute atomic E-state index is 0.0640. The van der Waals surface area contributed by atoms with E-state index in [9.17, 15) is 4.79 Å². The van der Waals surface area contributed by atoms with Crippen molar-refractivity contribution in [1.82, 2.24) is 14.9 Å². The molecule has 1 N–H and O–H groups in total. The van der Waals surface area contributed by atoms with Crippen LogP contribution in [0, 0.1) is 5.92 Å². The molecule has 172 valence electrons. The van der Waals surface area contributed by atoms with Crippen LogP contribution in [0.3, 0.4) is 0 Å². The quantitative estimate of drug-likeness (QED) is 0.430. The lowest BCUT2D eigenvalue weighted by Gasteiger charge is -2.19. The predicted octanol–water partition coefficient (Wildman–Crippen LogP) is 4.96. The van der Waals surface area contributed by atoms with E-state index in [1.54, 1.807) is 13.3 Å². The first-order chi connectivity index (χ1) is 16.7. The maximum atomic E-state index is 13.3. The fourth-order valence-electron chi connectivity index (χ4n) is 4.70. The van der Waals surface area contributed by atoms with Gasteiger partial charge in [0.25, 0.3) is 5.91 Å². The number of nitrogens with zero attached hydrogens (tertiary/aromatic N) is 3. The van der Waals surface area contributed by atoms with Crippen molar-refractivity contribution in [3.63, 3.8) is 0 Å². The summed E-state index contributed by atoms with van der Waals surface area (Å²) < 4.78 is 5.50. The first-order valence-electron chi connectivity index (χ1n) is 11.6. The van der Waals surface area contributed by atoms with Crippen LogP contribution in [0.25, 0.3) is 10.9 Å². The Kier molecular flexibility index (Phi) is 6.38. The molecule has 0 bridgehead atoms. The minimum Gasteiger partial charge on any atom is -0.495 e. The molecule has 1 fully saturated rings. The first-order valence-corrected chi connectivity index (χ1v) is 11.6. The third-order valence-corrected chi connectivity index (χ3v) is 6.47. The summed E-state index contributed by atoms with van der Waals surface area (Å²) in [6.07, 6.45) is 7.36. The van der Waals surface area contributed by atoms with E-state index in [0.717, 1.165) is 42.7 Å². The smallest absolute Gasteiger partial charge is 0.253 e. The molecule has 34 heavy (non-hydrogen) atoms. The number of aromatic nitrogens is 2. The number of hydrogen-bond donors (Lipinski definition) is 1. The summed E-state index contributed by atoms with van der Waals surface area (Å²) >= 11 is 0. The van der Waals surface area contributed by atoms with Crippen molar-refractivity contribution in [3.8, 4) is 5.75 Å². The van der Waals surface area contributed by atoms with Crippen molar-refractivity contribution in [2.45, 2.75) is 19.4 Å². The molecule has 0 unspecified atom stereocenters. The molecule has 4 aromatic rings. The van der Waals surface area contributed by atoms with Crippen molar-refractivity contribution in [1.29, 1.82) is 0 Å². The molecule has 0 saturated carbocycles. The van der Waals surface area contributed by atoms with Crippen molar-refractivity contribution in [2.75, 3.05) is 25.5 Å². The number of likely N-dealkylation sites (tertiary alicyclic amines) is 1. The normalized spacial score (nSPS) is 15.4. The molecule has 5 rings (SSSR count). The van der Waals surface area contributed by atoms with Gasteiger partial charge in [-0.05, 0) is 66.3 Å². The number of methoxy groups -OCH3 is 1. The third kappa shape index (κ3) is 4.71. The highest BCUT2D eigenvalue weighted by molar-refractivity contribution is 5.96. The average molecular weight is 453 g/mol. The van der Waals surface area contributed by atoms with Crippen LogP contribution >= 0.6 is 0 Å². The molecular weight excluding hydrogens is 424 g/mol. The lowest BCUT2D eigenvalue weighted by atomic mass is 9.96. The van der Waals surface area contributed by atoms with E-state index in [1.165, 1.54) is 10.9 Å². The molecule has 6 heteroatoms. The van der Waals surface area contributed by atoms with Crippen LogP contribution in [0.4, 0.5) is 5.69 Å². The van der Waals surface area contributed by atoms with Crippen LogP contribution in [-0.2, 0) is 13.0 Å². The van der Waals surface area contributed by atoms with Crippen LogP contribution in [0.1, 0.15) is 27.9 Å². The molecular formula is C28H28N4O2. The molecule has 1 saturated heterocycles. The zero-order chi connectivity index (χ0) is 23.3. The molecule has 1 amide bonds. The number of carbonyl (C=O) groups excluding carboxylic acids is 1. The number of fused-ring (bicyclic) bond motifs is 1. The van der Waals surface area contributed by atoms with Crippen LogP contribution < -0.4 is 10.1 Å². The van der Waals surface area contributed by atoms with Gasteiger partial charge in [-0.1, -0.05) is 24.3 Å². The molecule has 1 aliphatic heterocycles. The summed E-state index contributed by atoms with van der Waals surface area (Å²) in [6.45, 7) is 2.14. The fraction of sp³-hybridized carbons (Fsp3) is 0.250. The number of pyridine rings is 2. The molecule has 1 atom stereocenters. The van der Waals surface area contributed by atoms with Crippen LogP contribution in [-0.4, -0.2) is 41.0 Å². The molecule has 3 heterocycles. The van der Waals surface area contributed by atoms with Gasteiger partial charge in [-0.2, -0.15) is 0 Å². The monoisotopic (exact) mass is 452 g/mol. The molecule has 0 radical (unpaired) electrons. The van der Waals surface area contributed by atoms with Gasteiger partial charge in [-0.3, -0.25) is 14.8 Å². The lowest BCUT2D eigenvalue weighted by molar-refractivity contribution is 0.0787. The molecule has 1 aliphatic rings. The maximum absolute atomic E-state index is 13.3. The highest BCUT2D eigenvalue weighted by Gasteiger charge is 2.28. The van der Waals surface area contributed by atoms with Gasteiger partial charge in [-0.15, -0.1) is 0 Å². The topological polar surface area (TPSA) is 67.3 Å². The summed E-state index contributed by atoms with van der Waals surface area (Å²) in [4.78, 5) is 23.9. The van der Waals surface area contributed by atoms with Crippen LogP contribution in [0.2, 0.25) is 0 Å². The van der Waals surface area contributed by atoms with Gasteiger partial charge in [0.2, 0.25) is 0 Å². The van der Waals surface area contributed by atoms with Crippen LogP contribution in [0.15, 0.2) is 79.3 Å². The van der Waals surface area contributed by atoms with E-state index in [0.29, 0.717) is 23.8 Å². The SMILES string of the molecule is COc1ccc(C(=O)N2CC[C@H](Cc3cccc4ncccc34)C2)cc1NCc1cccnc1. The number of nitrogens with one attached hydrogen (secondary N) is 1. The lowest BCUT2D eigenvalue weighted by Crippen LogP contribution is -2.29. The van der Waals surface area contributed by atoms with Crippen molar-refractivity contribution in [2.24, 2.45) is 5.92 Å². The van der Waals surface area contributed by atoms with E-state index in [4.69, 9.17) is 4.74 Å². The third-order valence-electron chi connectivity index (χ3n) is 6.47. The predicted molar refractivity (Wildman–Crippen MR) is 134 cm³/mol. The Morgan fingerprint density at radius 2 is 2.03 bits per heavy atom. The molecule has 0 spiro atoms. The summed E-state index contributed by atoms with van der Waals surface area (Å²) in [5.41, 5.74) is 4.86. The maximum Gasteiger partial charge on any atom is 0.253 e. The van der Waals surface area contributed by atoms with Gasteiger partial charge in [-0.25, -0.2) is 0 Å². The molecule has 2 aromatic heterocycles. The second kappa shape index (κ2) is 9.91. The largest absolute Gasteiger partial charge is 0.495 e. The number of amides is 1. The second-order valence-corrected chi connectivity index (χ2v) is 8.73. The highest BCUT2D eigenvalue weighted by atomic mass is 16.5. The van der Waals surface area contributed by atoms with Gasteiger partial charge in [0, 0.05) is 49.2 Å². The average Bonchev–Trinajstić information content (AvgIpc) is 3.36. The van der Waals surface area contributed by atoms with Gasteiger partial charge >= 0.3 is 0 Å². The minimum atomic E-state index is 0.0640. The van der Waals surface area contributed by atoms with Gasteiger partial charge < -0.3 is 15.0 Å². The Morgan fingerprint density at radius 3 is 2.88 bits per heavy atom. The van der Waals surface area contributed by atoms with Gasteiger partial charge in [0.05, 0.1) is 18.3 Å². The van der Waals surface area contributed by atoms with Crippen LogP contribution in [0.5, 0.6) is 5.75 Å². The Labute approximate surface area is 199 Å². The molecule has 2 aromatic carbocycles. The van der Waals surface area contributed by atoms with Gasteiger partial charge in [0.15, 0.2) is 0 Å². The standard InChI is InChI=1S/C28H28N4O2/c1-34-27-10-9-23(16-26(27)31-18-21-5-3-12-29-17-21)28(33)32-14-11-20(19-32)15-22-6-2-8-25-24(22)7-4-13-30-25/h2-10,12-13,16-17,20,31H,11,14-15,18-19H2,1H3/t20-/m1/s1. The fourth-order valence-corrected chi connectivity index (χ4v) is 4.70. The number of carbonyl (C=O) groups is 1. The van der Waals surface area contributed by atoms with Crippen molar-refractivity contribution < 1.29 is 9.53 Å². The zero-order valence-corrected chi connectivity index (χ0v) is 19.3. The molecule has 6 nitrogen and oxygen atoms in total. The number of benzene rings is 2. The summed E-state index contributed by atoms with van der Waals surface area (Å²) in [5, 5.41) is 4.59. The summed E-state index contributed by atoms with van der Waals surface area (Å²) in [5.74, 6) is 1.22. The van der Waals surface area contributed by atoms with E-state index in [-0.39, 0.29) is 5.91 Å². The highest BCUT2D eigenvalue weighted by Crippen LogP contribution is 2.29. The zero-order valence-electron chi connectivity index (χ0n) is 19.3. The van der Waals surface area contributed by atoms with E-state index >= 15 is 0 Å². The van der Waals surface area contributed by atoms with E-state index < -0.39 is 0 Å². The second-order valence-electron chi connectivity index (χ2n) is 8.73. The van der Waals surface area contributed by atoms with E-state index in [2.05, 4.69) is 33.5 Å². The number of anilines is 1. The number of hydrogen-bond acceptors (Lipinski definition) is 5.